The lowest BCUT2D eigenvalue weighted by molar-refractivity contribution is -0.132. The summed E-state index contributed by atoms with van der Waals surface area (Å²) in [7, 11) is 2.11. The Hall–Kier alpha value is -1.84. The molecule has 25 heavy (non-hydrogen) atoms. The lowest BCUT2D eigenvalue weighted by atomic mass is 9.79. The zero-order valence-electron chi connectivity index (χ0n) is 14.9. The van der Waals surface area contributed by atoms with Gasteiger partial charge in [0.15, 0.2) is 0 Å². The molecule has 0 saturated carbocycles. The normalized spacial score (nSPS) is 17.2. The van der Waals surface area contributed by atoms with Crippen LogP contribution in [0.4, 0.5) is 0 Å². The molecule has 1 saturated heterocycles. The van der Waals surface area contributed by atoms with Crippen LogP contribution in [0.25, 0.3) is 11.1 Å². The maximum Gasteiger partial charge on any atom is 0.226 e. The van der Waals surface area contributed by atoms with Crippen LogP contribution in [0.2, 0.25) is 5.02 Å². The number of benzene rings is 2. The van der Waals surface area contributed by atoms with Gasteiger partial charge in [-0.25, -0.2) is 0 Å². The fraction of sp³-hybridized carbons (Fsp3) is 0.381. The summed E-state index contributed by atoms with van der Waals surface area (Å²) in [5.74, 6) is 0.150. The molecule has 2 aromatic rings. The maximum absolute atomic E-state index is 12.7. The Morgan fingerprint density at radius 2 is 1.84 bits per heavy atom. The minimum absolute atomic E-state index is 0.150. The molecule has 0 unspecified atom stereocenters. The van der Waals surface area contributed by atoms with Gasteiger partial charge >= 0.3 is 0 Å². The number of nitrogens with zero attached hydrogens (tertiary/aromatic N) is 1. The molecule has 1 aliphatic rings. The van der Waals surface area contributed by atoms with E-state index < -0.39 is 0 Å². The van der Waals surface area contributed by atoms with Gasteiger partial charge in [0.05, 0.1) is 0 Å². The monoisotopic (exact) mass is 356 g/mol. The zero-order chi connectivity index (χ0) is 17.9. The van der Waals surface area contributed by atoms with Crippen molar-refractivity contribution in [3.05, 3.63) is 59.1 Å². The van der Waals surface area contributed by atoms with Crippen LogP contribution in [0.15, 0.2) is 48.5 Å². The Labute approximate surface area is 155 Å². The molecule has 0 atom stereocenters. The molecule has 2 aromatic carbocycles. The molecule has 3 nitrogen and oxygen atoms in total. The molecule has 0 aliphatic carbocycles. The highest BCUT2D eigenvalue weighted by molar-refractivity contribution is 6.33. The zero-order valence-corrected chi connectivity index (χ0v) is 15.6. The van der Waals surface area contributed by atoms with E-state index in [0.717, 1.165) is 47.6 Å². The van der Waals surface area contributed by atoms with Gasteiger partial charge in [0, 0.05) is 22.5 Å². The molecule has 1 aliphatic heterocycles. The van der Waals surface area contributed by atoms with Crippen molar-refractivity contribution in [1.82, 2.24) is 10.2 Å². The first-order valence-electron chi connectivity index (χ1n) is 8.79. The summed E-state index contributed by atoms with van der Waals surface area (Å²) in [6, 6.07) is 16.0. The summed E-state index contributed by atoms with van der Waals surface area (Å²) in [6.07, 6.45) is 1.82. The van der Waals surface area contributed by atoms with E-state index in [1.54, 1.807) is 0 Å². The van der Waals surface area contributed by atoms with Gasteiger partial charge < -0.3 is 10.2 Å². The van der Waals surface area contributed by atoms with Crippen molar-refractivity contribution in [2.75, 3.05) is 20.1 Å². The van der Waals surface area contributed by atoms with E-state index in [2.05, 4.69) is 30.3 Å². The first kappa shape index (κ1) is 18.0. The Morgan fingerprint density at radius 3 is 2.52 bits per heavy atom. The van der Waals surface area contributed by atoms with Crippen LogP contribution in [0, 0.1) is 5.41 Å². The number of amides is 1. The highest BCUT2D eigenvalue weighted by atomic mass is 35.5. The molecular formula is C21H25ClN2O. The maximum atomic E-state index is 12.7. The SMILES string of the molecule is CN1CCC(C)(C(=O)NCc2ccc(Cl)c(-c3ccccc3)c2)CC1. The quantitative estimate of drug-likeness (QED) is 0.883. The third-order valence-corrected chi connectivity index (χ3v) is 5.54. The number of carbonyl (C=O) groups excluding carboxylic acids is 1. The minimum atomic E-state index is -0.263. The van der Waals surface area contributed by atoms with Gasteiger partial charge in [0.1, 0.15) is 0 Å². The van der Waals surface area contributed by atoms with Gasteiger partial charge in [-0.05, 0) is 56.2 Å². The van der Waals surface area contributed by atoms with Crippen molar-refractivity contribution in [2.24, 2.45) is 5.41 Å². The van der Waals surface area contributed by atoms with Gasteiger partial charge in [-0.15, -0.1) is 0 Å². The molecule has 0 bridgehead atoms. The van der Waals surface area contributed by atoms with Crippen LogP contribution in [0.1, 0.15) is 25.3 Å². The van der Waals surface area contributed by atoms with E-state index in [1.165, 1.54) is 0 Å². The second-order valence-electron chi connectivity index (χ2n) is 7.23. The van der Waals surface area contributed by atoms with Gasteiger partial charge in [0.2, 0.25) is 5.91 Å². The number of hydrogen-bond acceptors (Lipinski definition) is 2. The molecule has 132 valence electrons. The van der Waals surface area contributed by atoms with E-state index in [-0.39, 0.29) is 11.3 Å². The molecule has 4 heteroatoms. The molecular weight excluding hydrogens is 332 g/mol. The lowest BCUT2D eigenvalue weighted by Gasteiger charge is -2.36. The number of nitrogens with one attached hydrogen (secondary N) is 1. The lowest BCUT2D eigenvalue weighted by Crippen LogP contribution is -2.46. The highest BCUT2D eigenvalue weighted by Crippen LogP contribution is 2.31. The van der Waals surface area contributed by atoms with Crippen LogP contribution in [0.5, 0.6) is 0 Å². The predicted octanol–water partition coefficient (Wildman–Crippen LogP) is 4.36. The minimum Gasteiger partial charge on any atom is -0.352 e. The van der Waals surface area contributed by atoms with Crippen LogP contribution < -0.4 is 5.32 Å². The Bertz CT molecular complexity index is 737. The second-order valence-corrected chi connectivity index (χ2v) is 7.63. The van der Waals surface area contributed by atoms with Crippen LogP contribution in [0.3, 0.4) is 0 Å². The summed E-state index contributed by atoms with van der Waals surface area (Å²) in [6.45, 7) is 4.56. The Kier molecular flexibility index (Phi) is 5.45. The first-order valence-corrected chi connectivity index (χ1v) is 9.16. The number of likely N-dealkylation sites (tertiary alicyclic amines) is 1. The second kappa shape index (κ2) is 7.59. The number of carbonyl (C=O) groups is 1. The standard InChI is InChI=1S/C21H25ClN2O/c1-21(10-12-24(2)13-11-21)20(25)23-15-16-8-9-19(22)18(14-16)17-6-4-3-5-7-17/h3-9,14H,10-13,15H2,1-2H3,(H,23,25). The van der Waals surface area contributed by atoms with Gasteiger partial charge in [-0.2, -0.15) is 0 Å². The summed E-state index contributed by atoms with van der Waals surface area (Å²) in [5.41, 5.74) is 2.89. The van der Waals surface area contributed by atoms with E-state index >= 15 is 0 Å². The van der Waals surface area contributed by atoms with E-state index in [4.69, 9.17) is 11.6 Å². The van der Waals surface area contributed by atoms with Crippen molar-refractivity contribution in [3.8, 4) is 11.1 Å². The summed E-state index contributed by atoms with van der Waals surface area (Å²) in [4.78, 5) is 14.9. The largest absolute Gasteiger partial charge is 0.352 e. The topological polar surface area (TPSA) is 32.3 Å². The molecule has 1 N–H and O–H groups in total. The van der Waals surface area contributed by atoms with Crippen LogP contribution >= 0.6 is 11.6 Å². The fourth-order valence-electron chi connectivity index (χ4n) is 3.26. The van der Waals surface area contributed by atoms with Crippen LogP contribution in [-0.2, 0) is 11.3 Å². The molecule has 0 radical (unpaired) electrons. The number of hydrogen-bond donors (Lipinski definition) is 1. The van der Waals surface area contributed by atoms with Gasteiger partial charge in [-0.3, -0.25) is 4.79 Å². The van der Waals surface area contributed by atoms with E-state index in [0.29, 0.717) is 6.54 Å². The van der Waals surface area contributed by atoms with Crippen molar-refractivity contribution >= 4 is 17.5 Å². The average Bonchev–Trinajstić information content (AvgIpc) is 2.64. The smallest absolute Gasteiger partial charge is 0.226 e. The van der Waals surface area contributed by atoms with Crippen molar-refractivity contribution in [1.29, 1.82) is 0 Å². The molecule has 1 fully saturated rings. The van der Waals surface area contributed by atoms with Gasteiger partial charge in [0.25, 0.3) is 0 Å². The predicted molar refractivity (Wildman–Crippen MR) is 104 cm³/mol. The number of piperidine rings is 1. The molecule has 1 amide bonds. The number of halogens is 1. The Balaban J connectivity index is 1.68. The van der Waals surface area contributed by atoms with Crippen molar-refractivity contribution < 1.29 is 4.79 Å². The molecule has 3 rings (SSSR count). The molecule has 0 aromatic heterocycles. The van der Waals surface area contributed by atoms with Crippen molar-refractivity contribution in [3.63, 3.8) is 0 Å². The first-order chi connectivity index (χ1) is 12.0. The molecule has 0 spiro atoms. The van der Waals surface area contributed by atoms with E-state index in [1.807, 2.05) is 42.5 Å². The summed E-state index contributed by atoms with van der Waals surface area (Å²) < 4.78 is 0. The highest BCUT2D eigenvalue weighted by Gasteiger charge is 2.35. The third kappa shape index (κ3) is 4.23. The Morgan fingerprint density at radius 1 is 1.16 bits per heavy atom. The number of rotatable bonds is 4. The van der Waals surface area contributed by atoms with E-state index in [9.17, 15) is 4.79 Å². The van der Waals surface area contributed by atoms with Crippen molar-refractivity contribution in [2.45, 2.75) is 26.3 Å². The van der Waals surface area contributed by atoms with Crippen LogP contribution in [-0.4, -0.2) is 30.9 Å². The molecule has 1 heterocycles. The average molecular weight is 357 g/mol. The van der Waals surface area contributed by atoms with Gasteiger partial charge in [-0.1, -0.05) is 54.9 Å². The summed E-state index contributed by atoms with van der Waals surface area (Å²) >= 11 is 6.36. The summed E-state index contributed by atoms with van der Waals surface area (Å²) in [5, 5.41) is 3.85. The third-order valence-electron chi connectivity index (χ3n) is 5.21. The fourth-order valence-corrected chi connectivity index (χ4v) is 3.48.